The number of aromatic nitrogens is 5. The summed E-state index contributed by atoms with van der Waals surface area (Å²) in [5.41, 5.74) is 16.2. The molecule has 0 unspecified atom stereocenters. The van der Waals surface area contributed by atoms with E-state index in [2.05, 4.69) is 208 Å². The van der Waals surface area contributed by atoms with E-state index in [1.165, 1.54) is 21.9 Å². The molecule has 0 atom stereocenters. The predicted molar refractivity (Wildman–Crippen MR) is 279 cm³/mol. The minimum Gasteiger partial charge on any atom is -0.455 e. The van der Waals surface area contributed by atoms with Crippen LogP contribution in [-0.4, -0.2) is 23.9 Å². The summed E-state index contributed by atoms with van der Waals surface area (Å²) >= 11 is 0. The minimum atomic E-state index is 0.796. The maximum Gasteiger partial charge on any atom is 0.168 e. The fraction of sp³-hybridized carbons (Fsp3) is 0. The molecule has 14 rings (SSSR count). The van der Waals surface area contributed by atoms with Crippen LogP contribution in [0.4, 0.5) is 0 Å². The average Bonchev–Trinajstić information content (AvgIpc) is 4.19. The first-order valence-corrected chi connectivity index (χ1v) is 23.0. The Bertz CT molecular complexity index is 4190. The summed E-state index contributed by atoms with van der Waals surface area (Å²) in [6, 6.07) is 84.1. The zero-order valence-electron chi connectivity index (χ0n) is 36.7. The van der Waals surface area contributed by atoms with Gasteiger partial charge in [0.25, 0.3) is 0 Å². The lowest BCUT2D eigenvalue weighted by atomic mass is 9.94. The number of benzene rings is 10. The Balaban J connectivity index is 0.864. The molecule has 318 valence electrons. The summed E-state index contributed by atoms with van der Waals surface area (Å²) < 4.78 is 13.5. The molecule has 0 radical (unpaired) electrons. The van der Waals surface area contributed by atoms with Gasteiger partial charge in [-0.05, 0) is 95.1 Å². The van der Waals surface area contributed by atoms with Gasteiger partial charge in [-0.25, -0.2) is 0 Å². The van der Waals surface area contributed by atoms with Gasteiger partial charge in [0, 0.05) is 49.4 Å². The molecule has 68 heavy (non-hydrogen) atoms. The lowest BCUT2D eigenvalue weighted by Crippen LogP contribution is -2.01. The molecule has 0 fully saturated rings. The van der Waals surface area contributed by atoms with Crippen LogP contribution < -0.4 is 0 Å². The second-order valence-electron chi connectivity index (χ2n) is 17.4. The molecule has 6 nitrogen and oxygen atoms in total. The second-order valence-corrected chi connectivity index (χ2v) is 17.4. The van der Waals surface area contributed by atoms with Crippen LogP contribution in [0.25, 0.3) is 128 Å². The number of nitrogens with zero attached hydrogens (tertiary/aromatic N) is 5. The molecule has 0 bridgehead atoms. The highest BCUT2D eigenvalue weighted by Crippen LogP contribution is 2.42. The van der Waals surface area contributed by atoms with E-state index in [0.29, 0.717) is 0 Å². The third-order valence-corrected chi connectivity index (χ3v) is 13.6. The first kappa shape index (κ1) is 38.1. The Morgan fingerprint density at radius 1 is 0.294 bits per heavy atom. The zero-order valence-corrected chi connectivity index (χ0v) is 36.7. The molecule has 14 aromatic rings. The van der Waals surface area contributed by atoms with Gasteiger partial charge in [-0.1, -0.05) is 164 Å². The number of fused-ring (bicyclic) bond motifs is 10. The zero-order chi connectivity index (χ0) is 44.7. The Hall–Kier alpha value is -9.26. The highest BCUT2D eigenvalue weighted by molar-refractivity contribution is 6.24. The Labute approximate surface area is 390 Å². The number of rotatable bonds is 7. The summed E-state index contributed by atoms with van der Waals surface area (Å²) in [7, 11) is 0. The van der Waals surface area contributed by atoms with E-state index in [9.17, 15) is 0 Å². The molecule has 4 heterocycles. The number of hydrogen-bond donors (Lipinski definition) is 0. The first-order chi connectivity index (χ1) is 33.7. The van der Waals surface area contributed by atoms with Gasteiger partial charge >= 0.3 is 0 Å². The van der Waals surface area contributed by atoms with Crippen molar-refractivity contribution in [3.8, 4) is 62.1 Å². The molecule has 10 aromatic carbocycles. The molecule has 0 saturated carbocycles. The highest BCUT2D eigenvalue weighted by Gasteiger charge is 2.22. The van der Waals surface area contributed by atoms with E-state index in [0.717, 1.165) is 106 Å². The van der Waals surface area contributed by atoms with Crippen LogP contribution in [-0.2, 0) is 0 Å². The van der Waals surface area contributed by atoms with E-state index in [1.807, 2.05) is 42.5 Å². The van der Waals surface area contributed by atoms with Gasteiger partial charge < -0.3 is 13.6 Å². The SMILES string of the molecule is c1ccc(-c2nnc(-c3ccccc3)n2-c2ccc3c(c2)c2ccccc2n3-c2cccc(-c3ccccc3-c3ccc(-n4c5ccccc5c5c6oc7ccccc7c6ccc54)cc3)c2)cc1. The molecule has 0 amide bonds. The monoisotopic (exact) mass is 869 g/mol. The van der Waals surface area contributed by atoms with Gasteiger partial charge in [-0.15, -0.1) is 10.2 Å². The molecule has 0 spiro atoms. The number of furan rings is 1. The molecular formula is C62H39N5O. The fourth-order valence-electron chi connectivity index (χ4n) is 10.6. The molecule has 0 N–H and O–H groups in total. The minimum absolute atomic E-state index is 0.796. The van der Waals surface area contributed by atoms with Crippen LogP contribution in [0.2, 0.25) is 0 Å². The molecule has 0 aliphatic heterocycles. The Morgan fingerprint density at radius 3 is 1.56 bits per heavy atom. The van der Waals surface area contributed by atoms with Crippen molar-refractivity contribution in [2.24, 2.45) is 0 Å². The number of para-hydroxylation sites is 3. The topological polar surface area (TPSA) is 53.7 Å². The van der Waals surface area contributed by atoms with Crippen molar-refractivity contribution in [2.75, 3.05) is 0 Å². The Morgan fingerprint density at radius 2 is 0.824 bits per heavy atom. The quantitative estimate of drug-likeness (QED) is 0.160. The maximum atomic E-state index is 6.56. The van der Waals surface area contributed by atoms with E-state index in [-0.39, 0.29) is 0 Å². The molecule has 0 saturated heterocycles. The maximum absolute atomic E-state index is 6.56. The Kier molecular flexibility index (Phi) is 8.48. The van der Waals surface area contributed by atoms with Crippen molar-refractivity contribution in [1.82, 2.24) is 23.9 Å². The fourth-order valence-corrected chi connectivity index (χ4v) is 10.6. The van der Waals surface area contributed by atoms with Crippen molar-refractivity contribution in [2.45, 2.75) is 0 Å². The van der Waals surface area contributed by atoms with Crippen LogP contribution in [0.5, 0.6) is 0 Å². The van der Waals surface area contributed by atoms with Crippen LogP contribution >= 0.6 is 0 Å². The highest BCUT2D eigenvalue weighted by atomic mass is 16.3. The summed E-state index contributed by atoms with van der Waals surface area (Å²) in [6.07, 6.45) is 0. The van der Waals surface area contributed by atoms with Crippen molar-refractivity contribution >= 4 is 65.6 Å². The van der Waals surface area contributed by atoms with E-state index >= 15 is 0 Å². The summed E-state index contributed by atoms with van der Waals surface area (Å²) in [6.45, 7) is 0. The standard InChI is InChI=1S/C62H39N5O/c1-3-16-41(17-4-1)61-63-64-62(42-18-5-2-6-19-42)67(61)46-34-36-56-53(39-46)49-24-9-12-27-54(49)66(56)45-21-15-20-43(38-45)48-23-8-7-22-47(48)40-30-32-44(33-31-40)65-55-28-13-10-26-52(55)59-57(65)37-35-51-50-25-11-14-29-58(50)68-60(51)59/h1-39H. The average molecular weight is 870 g/mol. The summed E-state index contributed by atoms with van der Waals surface area (Å²) in [4.78, 5) is 0. The smallest absolute Gasteiger partial charge is 0.168 e. The van der Waals surface area contributed by atoms with E-state index in [4.69, 9.17) is 14.6 Å². The lowest BCUT2D eigenvalue weighted by molar-refractivity contribution is 0.673. The largest absolute Gasteiger partial charge is 0.455 e. The van der Waals surface area contributed by atoms with Gasteiger partial charge in [0.2, 0.25) is 0 Å². The van der Waals surface area contributed by atoms with Gasteiger partial charge in [0.05, 0.1) is 33.1 Å². The molecular weight excluding hydrogens is 831 g/mol. The number of hydrogen-bond acceptors (Lipinski definition) is 3. The van der Waals surface area contributed by atoms with E-state index in [1.54, 1.807) is 0 Å². The van der Waals surface area contributed by atoms with Crippen LogP contribution in [0, 0.1) is 0 Å². The summed E-state index contributed by atoms with van der Waals surface area (Å²) in [5.74, 6) is 1.59. The molecule has 0 aliphatic rings. The van der Waals surface area contributed by atoms with Crippen molar-refractivity contribution in [1.29, 1.82) is 0 Å². The normalized spacial score (nSPS) is 11.8. The molecule has 0 aliphatic carbocycles. The van der Waals surface area contributed by atoms with Crippen molar-refractivity contribution in [3.05, 3.63) is 237 Å². The third-order valence-electron chi connectivity index (χ3n) is 13.6. The predicted octanol–water partition coefficient (Wildman–Crippen LogP) is 16.0. The molecule has 4 aromatic heterocycles. The van der Waals surface area contributed by atoms with Gasteiger partial charge in [0.1, 0.15) is 11.2 Å². The molecule has 6 heteroatoms. The third kappa shape index (κ3) is 5.84. The van der Waals surface area contributed by atoms with Gasteiger partial charge in [-0.2, -0.15) is 0 Å². The lowest BCUT2D eigenvalue weighted by Gasteiger charge is -2.15. The summed E-state index contributed by atoms with van der Waals surface area (Å²) in [5, 5.41) is 16.4. The van der Waals surface area contributed by atoms with Gasteiger partial charge in [-0.3, -0.25) is 4.57 Å². The van der Waals surface area contributed by atoms with Crippen molar-refractivity contribution in [3.63, 3.8) is 0 Å². The van der Waals surface area contributed by atoms with Crippen molar-refractivity contribution < 1.29 is 4.42 Å². The second kappa shape index (κ2) is 15.2. The van der Waals surface area contributed by atoms with Crippen LogP contribution in [0.1, 0.15) is 0 Å². The first-order valence-electron chi connectivity index (χ1n) is 23.0. The van der Waals surface area contributed by atoms with Gasteiger partial charge in [0.15, 0.2) is 11.6 Å². The van der Waals surface area contributed by atoms with Crippen LogP contribution in [0.3, 0.4) is 0 Å². The van der Waals surface area contributed by atoms with E-state index < -0.39 is 0 Å². The van der Waals surface area contributed by atoms with Crippen LogP contribution in [0.15, 0.2) is 241 Å².